The molecule has 3 aromatic carbocycles. The van der Waals surface area contributed by atoms with Crippen LogP contribution in [0.4, 0.5) is 0 Å². The molecule has 0 spiro atoms. The SMILES string of the molecule is C=C(/C=C\C(=C/C)Sc1cccc2c1C(=O)c1cccc(Sc3ccc(C)cc3)c1C2=O)C1CCC(C)CC1. The number of fused-ring (bicyclic) bond motifs is 2. The lowest BCUT2D eigenvalue weighted by molar-refractivity contribution is 0.0974. The Balaban J connectivity index is 1.40. The molecule has 0 N–H and O–H groups in total. The molecule has 198 valence electrons. The molecule has 2 aliphatic carbocycles. The fourth-order valence-electron chi connectivity index (χ4n) is 5.35. The molecule has 0 aliphatic heterocycles. The molecule has 0 aromatic heterocycles. The van der Waals surface area contributed by atoms with Crippen molar-refractivity contribution in [3.05, 3.63) is 124 Å². The first kappa shape index (κ1) is 27.5. The average Bonchev–Trinajstić information content (AvgIpc) is 2.95. The minimum Gasteiger partial charge on any atom is -0.289 e. The highest BCUT2D eigenvalue weighted by atomic mass is 32.2. The molecule has 39 heavy (non-hydrogen) atoms. The normalized spacial score (nSPS) is 19.2. The second-order valence-corrected chi connectivity index (χ2v) is 12.8. The Morgan fingerprint density at radius 1 is 0.821 bits per heavy atom. The Morgan fingerprint density at radius 2 is 1.41 bits per heavy atom. The Labute approximate surface area is 240 Å². The summed E-state index contributed by atoms with van der Waals surface area (Å²) in [6.45, 7) is 10.7. The molecular weight excluding hydrogens is 517 g/mol. The molecule has 0 saturated heterocycles. The quantitative estimate of drug-likeness (QED) is 0.169. The summed E-state index contributed by atoms with van der Waals surface area (Å²) in [7, 11) is 0. The van der Waals surface area contributed by atoms with E-state index in [4.69, 9.17) is 0 Å². The van der Waals surface area contributed by atoms with E-state index in [1.165, 1.54) is 60.3 Å². The van der Waals surface area contributed by atoms with E-state index < -0.39 is 0 Å². The lowest BCUT2D eigenvalue weighted by Gasteiger charge is -2.26. The van der Waals surface area contributed by atoms with Crippen molar-refractivity contribution in [2.75, 3.05) is 0 Å². The Morgan fingerprint density at radius 3 is 2.03 bits per heavy atom. The van der Waals surface area contributed by atoms with E-state index in [1.807, 2.05) is 43.3 Å². The summed E-state index contributed by atoms with van der Waals surface area (Å²) in [5.41, 5.74) is 4.33. The van der Waals surface area contributed by atoms with Crippen molar-refractivity contribution in [3.8, 4) is 0 Å². The lowest BCUT2D eigenvalue weighted by Crippen LogP contribution is -2.22. The molecule has 0 unspecified atom stereocenters. The Bertz CT molecular complexity index is 1490. The number of carbonyl (C=O) groups is 2. The van der Waals surface area contributed by atoms with Crippen LogP contribution in [-0.2, 0) is 0 Å². The molecule has 4 heteroatoms. The fraction of sp³-hybridized carbons (Fsp3) is 0.257. The third-order valence-electron chi connectivity index (χ3n) is 7.76. The van der Waals surface area contributed by atoms with E-state index in [-0.39, 0.29) is 11.6 Å². The number of hydrogen-bond acceptors (Lipinski definition) is 4. The standard InChI is InChI=1S/C35H34O2S2/c1-5-26(21-16-24(4)25-17-12-22(2)13-18-25)38-30-10-6-8-28-32(30)34(36)29-9-7-11-31(33(29)35(28)37)39-27-19-14-23(3)15-20-27/h5-11,14-16,19-22,25H,4,12-13,17-18H2,1-3H3/b21-16-,26-5+. The third kappa shape index (κ3) is 5.92. The molecule has 2 aliphatic rings. The predicted molar refractivity (Wildman–Crippen MR) is 164 cm³/mol. The number of hydrogen-bond donors (Lipinski definition) is 0. The van der Waals surface area contributed by atoms with Crippen molar-refractivity contribution in [2.24, 2.45) is 11.8 Å². The van der Waals surface area contributed by atoms with Crippen molar-refractivity contribution in [3.63, 3.8) is 0 Å². The largest absolute Gasteiger partial charge is 0.289 e. The number of carbonyl (C=O) groups excluding carboxylic acids is 2. The van der Waals surface area contributed by atoms with Crippen LogP contribution >= 0.6 is 23.5 Å². The molecule has 2 nitrogen and oxygen atoms in total. The van der Waals surface area contributed by atoms with Crippen molar-refractivity contribution in [2.45, 2.75) is 61.1 Å². The van der Waals surface area contributed by atoms with E-state index in [1.54, 1.807) is 12.1 Å². The number of aryl methyl sites for hydroxylation is 1. The zero-order valence-electron chi connectivity index (χ0n) is 22.8. The van der Waals surface area contributed by atoms with Crippen LogP contribution in [0.25, 0.3) is 0 Å². The van der Waals surface area contributed by atoms with E-state index >= 15 is 0 Å². The molecule has 0 heterocycles. The zero-order valence-corrected chi connectivity index (χ0v) is 24.5. The van der Waals surface area contributed by atoms with Gasteiger partial charge < -0.3 is 0 Å². The van der Waals surface area contributed by atoms with Gasteiger partial charge in [-0.1, -0.05) is 110 Å². The van der Waals surface area contributed by atoms with Gasteiger partial charge in [-0.05, 0) is 68.9 Å². The minimum atomic E-state index is -0.0887. The number of benzene rings is 3. The Kier molecular flexibility index (Phi) is 8.44. The topological polar surface area (TPSA) is 34.1 Å². The average molecular weight is 551 g/mol. The highest BCUT2D eigenvalue weighted by Crippen LogP contribution is 2.41. The smallest absolute Gasteiger partial charge is 0.195 e. The lowest BCUT2D eigenvalue weighted by atomic mass is 9.79. The van der Waals surface area contributed by atoms with Gasteiger partial charge in [0.05, 0.1) is 0 Å². The van der Waals surface area contributed by atoms with Crippen LogP contribution in [0.15, 0.2) is 111 Å². The summed E-state index contributed by atoms with van der Waals surface area (Å²) in [6, 6.07) is 19.4. The maximum atomic E-state index is 13.9. The van der Waals surface area contributed by atoms with E-state index in [2.05, 4.69) is 50.8 Å². The van der Waals surface area contributed by atoms with Gasteiger partial charge in [0.25, 0.3) is 0 Å². The van der Waals surface area contributed by atoms with Gasteiger partial charge in [0, 0.05) is 41.8 Å². The summed E-state index contributed by atoms with van der Waals surface area (Å²) < 4.78 is 0. The van der Waals surface area contributed by atoms with Crippen LogP contribution in [0.2, 0.25) is 0 Å². The van der Waals surface area contributed by atoms with Crippen molar-refractivity contribution < 1.29 is 9.59 Å². The van der Waals surface area contributed by atoms with Gasteiger partial charge >= 0.3 is 0 Å². The summed E-state index contributed by atoms with van der Waals surface area (Å²) >= 11 is 3.06. The van der Waals surface area contributed by atoms with E-state index in [0.29, 0.717) is 28.2 Å². The fourth-order valence-corrected chi connectivity index (χ4v) is 7.29. The number of rotatable bonds is 7. The summed E-state index contributed by atoms with van der Waals surface area (Å²) in [4.78, 5) is 31.4. The first-order valence-electron chi connectivity index (χ1n) is 13.7. The molecule has 1 saturated carbocycles. The second kappa shape index (κ2) is 12.0. The zero-order chi connectivity index (χ0) is 27.5. The predicted octanol–water partition coefficient (Wildman–Crippen LogP) is 9.86. The van der Waals surface area contributed by atoms with Gasteiger partial charge in [0.1, 0.15) is 0 Å². The third-order valence-corrected chi connectivity index (χ3v) is 9.99. The van der Waals surface area contributed by atoms with Crippen LogP contribution in [0, 0.1) is 18.8 Å². The van der Waals surface area contributed by atoms with Crippen molar-refractivity contribution >= 4 is 35.1 Å². The van der Waals surface area contributed by atoms with Crippen LogP contribution in [0.1, 0.15) is 76.9 Å². The molecule has 1 fully saturated rings. The minimum absolute atomic E-state index is 0.0882. The van der Waals surface area contributed by atoms with E-state index in [0.717, 1.165) is 25.5 Å². The van der Waals surface area contributed by atoms with Gasteiger partial charge in [-0.25, -0.2) is 0 Å². The maximum Gasteiger partial charge on any atom is 0.195 e. The number of ketones is 2. The van der Waals surface area contributed by atoms with Gasteiger partial charge in [-0.2, -0.15) is 0 Å². The number of thioether (sulfide) groups is 1. The molecule has 3 aromatic rings. The first-order chi connectivity index (χ1) is 18.9. The van der Waals surface area contributed by atoms with Crippen LogP contribution in [-0.4, -0.2) is 11.6 Å². The van der Waals surface area contributed by atoms with Gasteiger partial charge in [0.15, 0.2) is 11.6 Å². The molecule has 0 amide bonds. The van der Waals surface area contributed by atoms with Crippen LogP contribution < -0.4 is 0 Å². The molecule has 0 radical (unpaired) electrons. The summed E-state index contributed by atoms with van der Waals surface area (Å²) in [5.74, 6) is 1.18. The maximum absolute atomic E-state index is 13.9. The van der Waals surface area contributed by atoms with Gasteiger partial charge in [0.2, 0.25) is 0 Å². The second-order valence-electron chi connectivity index (χ2n) is 10.6. The molecule has 0 atom stereocenters. The summed E-state index contributed by atoms with van der Waals surface area (Å²) in [6.07, 6.45) is 11.2. The van der Waals surface area contributed by atoms with Gasteiger partial charge in [-0.3, -0.25) is 9.59 Å². The van der Waals surface area contributed by atoms with Gasteiger partial charge in [-0.15, -0.1) is 0 Å². The molecular formula is C35H34O2S2. The van der Waals surface area contributed by atoms with E-state index in [9.17, 15) is 9.59 Å². The van der Waals surface area contributed by atoms with Crippen LogP contribution in [0.3, 0.4) is 0 Å². The summed E-state index contributed by atoms with van der Waals surface area (Å²) in [5, 5.41) is 0. The van der Waals surface area contributed by atoms with Crippen molar-refractivity contribution in [1.29, 1.82) is 0 Å². The van der Waals surface area contributed by atoms with Crippen LogP contribution in [0.5, 0.6) is 0 Å². The van der Waals surface area contributed by atoms with Crippen molar-refractivity contribution in [1.82, 2.24) is 0 Å². The highest BCUT2D eigenvalue weighted by Gasteiger charge is 2.33. The Hall–Kier alpha value is -3.08. The first-order valence-corrected chi connectivity index (χ1v) is 15.3. The molecule has 0 bridgehead atoms. The highest BCUT2D eigenvalue weighted by molar-refractivity contribution is 8.03. The number of allylic oxidation sites excluding steroid dienone is 4. The molecule has 5 rings (SSSR count). The monoisotopic (exact) mass is 550 g/mol.